The molecule has 0 aliphatic heterocycles. The van der Waals surface area contributed by atoms with E-state index in [1.54, 1.807) is 24.3 Å². The second-order valence-corrected chi connectivity index (χ2v) is 7.07. The predicted molar refractivity (Wildman–Crippen MR) is 83.0 cm³/mol. The van der Waals surface area contributed by atoms with Crippen molar-refractivity contribution < 1.29 is 17.9 Å². The monoisotopic (exact) mass is 314 g/mol. The van der Waals surface area contributed by atoms with Gasteiger partial charge in [0.2, 0.25) is 15.9 Å². The van der Waals surface area contributed by atoms with Gasteiger partial charge in [-0.3, -0.25) is 9.10 Å². The number of nitrogens with one attached hydrogen (secondary N) is 1. The molecule has 0 bridgehead atoms. The Bertz CT molecular complexity index is 567. The molecule has 1 N–H and O–H groups in total. The van der Waals surface area contributed by atoms with E-state index in [-0.39, 0.29) is 12.5 Å². The summed E-state index contributed by atoms with van der Waals surface area (Å²) in [5, 5.41) is 2.71. The summed E-state index contributed by atoms with van der Waals surface area (Å²) in [7, 11) is -2.01. The van der Waals surface area contributed by atoms with Crippen molar-refractivity contribution in [2.24, 2.45) is 5.92 Å². The van der Waals surface area contributed by atoms with Crippen LogP contribution in [-0.2, 0) is 14.8 Å². The van der Waals surface area contributed by atoms with Crippen LogP contribution in [0, 0.1) is 5.92 Å². The highest BCUT2D eigenvalue weighted by Gasteiger charge is 2.20. The molecule has 1 aromatic carbocycles. The lowest BCUT2D eigenvalue weighted by molar-refractivity contribution is -0.119. The van der Waals surface area contributed by atoms with Crippen molar-refractivity contribution in [1.29, 1.82) is 0 Å². The zero-order valence-corrected chi connectivity index (χ0v) is 13.6. The summed E-state index contributed by atoms with van der Waals surface area (Å²) in [6.07, 6.45) is 1.08. The molecular weight excluding hydrogens is 292 g/mol. The number of nitrogens with zero attached hydrogens (tertiary/aromatic N) is 1. The van der Waals surface area contributed by atoms with Crippen LogP contribution in [0.5, 0.6) is 5.75 Å². The number of rotatable bonds is 7. The van der Waals surface area contributed by atoms with Crippen molar-refractivity contribution in [2.75, 3.05) is 30.8 Å². The second kappa shape index (κ2) is 7.31. The van der Waals surface area contributed by atoms with Crippen LogP contribution in [-0.4, -0.2) is 40.8 Å². The average Bonchev–Trinajstić information content (AvgIpc) is 2.41. The van der Waals surface area contributed by atoms with Gasteiger partial charge in [-0.1, -0.05) is 13.8 Å². The molecule has 0 aliphatic rings. The number of benzene rings is 1. The molecule has 0 saturated carbocycles. The minimum Gasteiger partial charge on any atom is -0.497 e. The summed E-state index contributed by atoms with van der Waals surface area (Å²) in [6.45, 7) is 4.22. The highest BCUT2D eigenvalue weighted by atomic mass is 32.2. The van der Waals surface area contributed by atoms with Crippen LogP contribution in [0.3, 0.4) is 0 Å². The molecule has 1 rings (SSSR count). The number of amides is 1. The van der Waals surface area contributed by atoms with Crippen LogP contribution in [0.15, 0.2) is 24.3 Å². The molecule has 118 valence electrons. The molecule has 0 saturated heterocycles. The minimum atomic E-state index is -3.54. The van der Waals surface area contributed by atoms with E-state index < -0.39 is 10.0 Å². The van der Waals surface area contributed by atoms with Crippen LogP contribution >= 0.6 is 0 Å². The van der Waals surface area contributed by atoms with Crippen LogP contribution in [0.4, 0.5) is 5.69 Å². The number of ether oxygens (including phenoxy) is 1. The number of methoxy groups -OCH3 is 1. The molecule has 0 aromatic heterocycles. The zero-order chi connectivity index (χ0) is 16.0. The van der Waals surface area contributed by atoms with Gasteiger partial charge in [0.25, 0.3) is 0 Å². The topological polar surface area (TPSA) is 75.7 Å². The molecule has 0 radical (unpaired) electrons. The highest BCUT2D eigenvalue weighted by molar-refractivity contribution is 7.92. The van der Waals surface area contributed by atoms with Crippen molar-refractivity contribution in [3.63, 3.8) is 0 Å². The Morgan fingerprint density at radius 3 is 2.29 bits per heavy atom. The van der Waals surface area contributed by atoms with E-state index >= 15 is 0 Å². The Kier molecular flexibility index (Phi) is 6.02. The summed E-state index contributed by atoms with van der Waals surface area (Å²) in [5.41, 5.74) is 0.429. The molecule has 21 heavy (non-hydrogen) atoms. The molecule has 6 nitrogen and oxygen atoms in total. The normalized spacial score (nSPS) is 11.3. The molecule has 1 amide bonds. The van der Waals surface area contributed by atoms with Crippen LogP contribution in [0.1, 0.15) is 13.8 Å². The molecule has 0 fully saturated rings. The second-order valence-electron chi connectivity index (χ2n) is 5.17. The van der Waals surface area contributed by atoms with Gasteiger partial charge < -0.3 is 10.1 Å². The van der Waals surface area contributed by atoms with Crippen molar-refractivity contribution >= 4 is 21.6 Å². The summed E-state index contributed by atoms with van der Waals surface area (Å²) in [5.74, 6) is 0.600. The van der Waals surface area contributed by atoms with E-state index in [9.17, 15) is 13.2 Å². The van der Waals surface area contributed by atoms with Gasteiger partial charge in [0.05, 0.1) is 19.1 Å². The van der Waals surface area contributed by atoms with E-state index in [2.05, 4.69) is 5.32 Å². The number of anilines is 1. The maximum Gasteiger partial charge on any atom is 0.240 e. The minimum absolute atomic E-state index is 0.238. The fourth-order valence-electron chi connectivity index (χ4n) is 1.65. The average molecular weight is 314 g/mol. The number of sulfonamides is 1. The van der Waals surface area contributed by atoms with Crippen LogP contribution in [0.2, 0.25) is 0 Å². The first kappa shape index (κ1) is 17.3. The fraction of sp³-hybridized carbons (Fsp3) is 0.500. The van der Waals surface area contributed by atoms with Crippen molar-refractivity contribution in [3.05, 3.63) is 24.3 Å². The molecule has 0 unspecified atom stereocenters. The van der Waals surface area contributed by atoms with E-state index in [0.29, 0.717) is 23.9 Å². The molecule has 1 aromatic rings. The third-order valence-corrected chi connectivity index (χ3v) is 3.90. The van der Waals surface area contributed by atoms with Gasteiger partial charge >= 0.3 is 0 Å². The Morgan fingerprint density at radius 1 is 1.29 bits per heavy atom. The Balaban J connectivity index is 2.88. The number of carbonyl (C=O) groups excluding carboxylic acids is 1. The first-order valence-corrected chi connectivity index (χ1v) is 8.47. The number of carbonyl (C=O) groups is 1. The third kappa shape index (κ3) is 5.63. The Hall–Kier alpha value is -1.76. The summed E-state index contributed by atoms with van der Waals surface area (Å²) >= 11 is 0. The van der Waals surface area contributed by atoms with Crippen molar-refractivity contribution in [2.45, 2.75) is 13.8 Å². The van der Waals surface area contributed by atoms with E-state index in [1.807, 2.05) is 13.8 Å². The fourth-order valence-corrected chi connectivity index (χ4v) is 2.51. The van der Waals surface area contributed by atoms with Gasteiger partial charge in [-0.2, -0.15) is 0 Å². The van der Waals surface area contributed by atoms with E-state index in [4.69, 9.17) is 4.74 Å². The van der Waals surface area contributed by atoms with Gasteiger partial charge in [-0.15, -0.1) is 0 Å². The standard InChI is InChI=1S/C14H22N2O4S/c1-11(2)9-15-14(17)10-16(21(4,18)19)12-5-7-13(20-3)8-6-12/h5-8,11H,9-10H2,1-4H3,(H,15,17). The van der Waals surface area contributed by atoms with E-state index in [1.165, 1.54) is 7.11 Å². The molecule has 0 aliphatic carbocycles. The van der Waals surface area contributed by atoms with Gasteiger partial charge in [0.15, 0.2) is 0 Å². The highest BCUT2D eigenvalue weighted by Crippen LogP contribution is 2.21. The van der Waals surface area contributed by atoms with Crippen molar-refractivity contribution in [3.8, 4) is 5.75 Å². The smallest absolute Gasteiger partial charge is 0.240 e. The van der Waals surface area contributed by atoms with Gasteiger partial charge in [0, 0.05) is 6.54 Å². The van der Waals surface area contributed by atoms with E-state index in [0.717, 1.165) is 10.6 Å². The predicted octanol–water partition coefficient (Wildman–Crippen LogP) is 1.23. The zero-order valence-electron chi connectivity index (χ0n) is 12.8. The molecule has 0 atom stereocenters. The maximum absolute atomic E-state index is 11.9. The SMILES string of the molecule is COc1ccc(N(CC(=O)NCC(C)C)S(C)(=O)=O)cc1. The summed E-state index contributed by atoms with van der Waals surface area (Å²) < 4.78 is 29.9. The number of hydrogen-bond acceptors (Lipinski definition) is 4. The summed E-state index contributed by atoms with van der Waals surface area (Å²) in [6, 6.07) is 6.52. The molecular formula is C14H22N2O4S. The Labute approximate surface area is 126 Å². The van der Waals surface area contributed by atoms with Crippen LogP contribution < -0.4 is 14.4 Å². The van der Waals surface area contributed by atoms with Crippen molar-refractivity contribution in [1.82, 2.24) is 5.32 Å². The molecule has 7 heteroatoms. The van der Waals surface area contributed by atoms with Gasteiger partial charge in [0.1, 0.15) is 12.3 Å². The molecule has 0 heterocycles. The quantitative estimate of drug-likeness (QED) is 0.821. The number of hydrogen-bond donors (Lipinski definition) is 1. The molecule has 0 spiro atoms. The lowest BCUT2D eigenvalue weighted by atomic mass is 10.2. The third-order valence-electron chi connectivity index (χ3n) is 2.76. The maximum atomic E-state index is 11.9. The largest absolute Gasteiger partial charge is 0.497 e. The lowest BCUT2D eigenvalue weighted by Gasteiger charge is -2.22. The van der Waals surface area contributed by atoms with Gasteiger partial charge in [-0.25, -0.2) is 8.42 Å². The Morgan fingerprint density at radius 2 is 1.86 bits per heavy atom. The summed E-state index contributed by atoms with van der Waals surface area (Å²) in [4.78, 5) is 11.9. The van der Waals surface area contributed by atoms with Crippen LogP contribution in [0.25, 0.3) is 0 Å². The lowest BCUT2D eigenvalue weighted by Crippen LogP contribution is -2.41. The van der Waals surface area contributed by atoms with Gasteiger partial charge in [-0.05, 0) is 30.2 Å². The first-order chi connectivity index (χ1) is 9.74. The first-order valence-electron chi connectivity index (χ1n) is 6.62.